The molecular formula is C43H80O12. The first-order chi connectivity index (χ1) is 24.6. The topological polar surface area (TPSA) is 158 Å². The molecule has 0 aromatic rings. The smallest absolute Gasteiger partial charge is 0.344 e. The molecule has 0 radical (unpaired) electrons. The molecule has 0 atom stereocenters. The fourth-order valence-electron chi connectivity index (χ4n) is 2.96. The van der Waals surface area contributed by atoms with Gasteiger partial charge in [0.25, 0.3) is 0 Å². The zero-order valence-electron chi connectivity index (χ0n) is 38.5. The van der Waals surface area contributed by atoms with E-state index in [1.807, 2.05) is 111 Å². The molecule has 0 spiro atoms. The number of hydrogen-bond acceptors (Lipinski definition) is 12. The summed E-state index contributed by atoms with van der Waals surface area (Å²) in [7, 11) is 0. The predicted octanol–water partition coefficient (Wildman–Crippen LogP) is 9.51. The first-order valence-electron chi connectivity index (χ1n) is 19.8. The van der Waals surface area contributed by atoms with Crippen LogP contribution in [0.1, 0.15) is 183 Å². The summed E-state index contributed by atoms with van der Waals surface area (Å²) in [5, 5.41) is 0. The highest BCUT2D eigenvalue weighted by Crippen LogP contribution is 2.33. The Kier molecular flexibility index (Phi) is 24.3. The van der Waals surface area contributed by atoms with Gasteiger partial charge in [0.2, 0.25) is 0 Å². The zero-order valence-corrected chi connectivity index (χ0v) is 38.5. The van der Waals surface area contributed by atoms with Gasteiger partial charge >= 0.3 is 35.8 Å². The van der Waals surface area contributed by atoms with Crippen molar-refractivity contribution >= 4 is 35.8 Å². The monoisotopic (exact) mass is 789 g/mol. The van der Waals surface area contributed by atoms with Crippen LogP contribution in [-0.2, 0) is 57.2 Å². The second-order valence-corrected chi connectivity index (χ2v) is 18.5. The van der Waals surface area contributed by atoms with Crippen LogP contribution in [0.4, 0.5) is 0 Å². The fraction of sp³-hybridized carbons (Fsp3) is 0.860. The van der Waals surface area contributed by atoms with Crippen LogP contribution in [0.15, 0.2) is 0 Å². The highest BCUT2D eigenvalue weighted by Gasteiger charge is 2.37. The van der Waals surface area contributed by atoms with Crippen LogP contribution in [-0.4, -0.2) is 72.4 Å². The Labute approximate surface area is 334 Å². The Balaban J connectivity index is -0.000000739. The molecule has 0 rings (SSSR count). The van der Waals surface area contributed by atoms with E-state index in [0.29, 0.717) is 25.7 Å². The summed E-state index contributed by atoms with van der Waals surface area (Å²) in [4.78, 5) is 69.7. The van der Waals surface area contributed by atoms with Crippen molar-refractivity contribution in [2.75, 3.05) is 19.8 Å². The van der Waals surface area contributed by atoms with E-state index in [1.54, 1.807) is 27.7 Å². The lowest BCUT2D eigenvalue weighted by atomic mass is 9.79. The van der Waals surface area contributed by atoms with Gasteiger partial charge in [-0.15, -0.1) is 0 Å². The summed E-state index contributed by atoms with van der Waals surface area (Å²) in [6.07, 6.45) is 4.34. The SMILES string of the molecule is CCC(C)(C)C(=O)OCC(=O)OC(C)(C)C(C)(C)C.CCC(C)(C)OC(=O)CCCOC(=O)C(C)(C)CC.CCC(C)(C)OC(=O)COC(=O)C(C)(C)CC. The molecule has 324 valence electrons. The van der Waals surface area contributed by atoms with Gasteiger partial charge in [0, 0.05) is 11.8 Å². The molecule has 0 saturated carbocycles. The maximum atomic E-state index is 11.7. The summed E-state index contributed by atoms with van der Waals surface area (Å²) in [6, 6.07) is 0. The summed E-state index contributed by atoms with van der Waals surface area (Å²) in [5.74, 6) is -2.21. The van der Waals surface area contributed by atoms with E-state index in [2.05, 4.69) is 0 Å². The third kappa shape index (κ3) is 24.2. The Morgan fingerprint density at radius 3 is 1.02 bits per heavy atom. The van der Waals surface area contributed by atoms with Crippen molar-refractivity contribution in [3.05, 3.63) is 0 Å². The number of ether oxygens (including phenoxy) is 6. The molecule has 0 N–H and O–H groups in total. The van der Waals surface area contributed by atoms with Gasteiger partial charge in [-0.1, -0.05) is 55.4 Å². The Bertz CT molecular complexity index is 1220. The Hall–Kier alpha value is -3.18. The maximum Gasteiger partial charge on any atom is 0.344 e. The van der Waals surface area contributed by atoms with Crippen molar-refractivity contribution in [3.8, 4) is 0 Å². The number of carbonyl (C=O) groups excluding carboxylic acids is 6. The molecule has 12 heteroatoms. The molecule has 0 aliphatic rings. The molecular weight excluding hydrogens is 708 g/mol. The van der Waals surface area contributed by atoms with Crippen LogP contribution >= 0.6 is 0 Å². The summed E-state index contributed by atoms with van der Waals surface area (Å²) in [5.41, 5.74) is -3.31. The van der Waals surface area contributed by atoms with Gasteiger partial charge in [-0.05, 0) is 122 Å². The lowest BCUT2D eigenvalue weighted by Gasteiger charge is -2.37. The van der Waals surface area contributed by atoms with Crippen molar-refractivity contribution in [2.24, 2.45) is 21.7 Å². The van der Waals surface area contributed by atoms with Crippen LogP contribution in [0.2, 0.25) is 0 Å². The first kappa shape index (κ1) is 56.2. The largest absolute Gasteiger partial charge is 0.465 e. The molecule has 0 aromatic heterocycles. The normalized spacial score (nSPS) is 12.4. The average Bonchev–Trinajstić information content (AvgIpc) is 3.07. The van der Waals surface area contributed by atoms with E-state index in [4.69, 9.17) is 28.4 Å². The molecule has 0 aromatic carbocycles. The maximum absolute atomic E-state index is 11.7. The van der Waals surface area contributed by atoms with Gasteiger partial charge in [0.15, 0.2) is 13.2 Å². The molecule has 55 heavy (non-hydrogen) atoms. The molecule has 0 heterocycles. The van der Waals surface area contributed by atoms with Crippen LogP contribution < -0.4 is 0 Å². The highest BCUT2D eigenvalue weighted by molar-refractivity contribution is 5.80. The quantitative estimate of drug-likeness (QED) is 0.0695. The fourth-order valence-corrected chi connectivity index (χ4v) is 2.96. The summed E-state index contributed by atoms with van der Waals surface area (Å²) < 4.78 is 31.0. The molecule has 0 unspecified atom stereocenters. The van der Waals surface area contributed by atoms with Crippen LogP contribution in [0, 0.1) is 21.7 Å². The standard InChI is InChI=1S/2C15H28O4.C13H24O4/c1-9-14(5,6)12(17)18-10-11(16)19-15(7,8)13(2,3)4;1-7-14(3,4)13(17)18-11-9-10-12(16)19-15(5,6)8-2;1-7-12(3,4)11(15)16-9-10(14)17-13(5,6)8-2/h9-10H2,1-8H3;7-11H2,1-6H3;7-9H2,1-6H3. The second-order valence-electron chi connectivity index (χ2n) is 18.5. The number of carbonyl (C=O) groups is 6. The van der Waals surface area contributed by atoms with E-state index in [9.17, 15) is 28.8 Å². The Morgan fingerprint density at radius 1 is 0.400 bits per heavy atom. The lowest BCUT2D eigenvalue weighted by Crippen LogP contribution is -2.42. The number of hydrogen-bond donors (Lipinski definition) is 0. The zero-order chi connectivity index (χ0) is 44.3. The van der Waals surface area contributed by atoms with Crippen LogP contribution in [0.25, 0.3) is 0 Å². The highest BCUT2D eigenvalue weighted by atomic mass is 16.6. The second kappa shape index (κ2) is 23.8. The molecule has 0 aliphatic carbocycles. The third-order valence-electron chi connectivity index (χ3n) is 10.4. The molecule has 0 fully saturated rings. The minimum Gasteiger partial charge on any atom is -0.465 e. The molecule has 12 nitrogen and oxygen atoms in total. The van der Waals surface area contributed by atoms with Gasteiger partial charge in [0.1, 0.15) is 16.8 Å². The van der Waals surface area contributed by atoms with Gasteiger partial charge in [0.05, 0.1) is 22.9 Å². The average molecular weight is 789 g/mol. The van der Waals surface area contributed by atoms with Gasteiger partial charge in [-0.25, -0.2) is 9.59 Å². The molecule has 0 amide bonds. The minimum atomic E-state index is -0.614. The predicted molar refractivity (Wildman–Crippen MR) is 215 cm³/mol. The third-order valence-corrected chi connectivity index (χ3v) is 10.4. The lowest BCUT2D eigenvalue weighted by molar-refractivity contribution is -0.178. The van der Waals surface area contributed by atoms with Gasteiger partial charge < -0.3 is 28.4 Å². The molecule has 0 saturated heterocycles. The van der Waals surface area contributed by atoms with Crippen molar-refractivity contribution in [1.29, 1.82) is 0 Å². The number of esters is 6. The van der Waals surface area contributed by atoms with Crippen molar-refractivity contribution in [2.45, 2.75) is 200 Å². The van der Waals surface area contributed by atoms with Crippen molar-refractivity contribution in [1.82, 2.24) is 0 Å². The van der Waals surface area contributed by atoms with Gasteiger partial charge in [-0.2, -0.15) is 0 Å². The molecule has 0 aliphatic heterocycles. The summed E-state index contributed by atoms with van der Waals surface area (Å²) >= 11 is 0. The minimum absolute atomic E-state index is 0.185. The Morgan fingerprint density at radius 2 is 0.709 bits per heavy atom. The first-order valence-corrected chi connectivity index (χ1v) is 19.8. The van der Waals surface area contributed by atoms with E-state index in [0.717, 1.165) is 12.8 Å². The van der Waals surface area contributed by atoms with Crippen LogP contribution in [0.3, 0.4) is 0 Å². The molecule has 0 bridgehead atoms. The number of rotatable bonds is 19. The van der Waals surface area contributed by atoms with Crippen molar-refractivity contribution < 1.29 is 57.2 Å². The van der Waals surface area contributed by atoms with E-state index in [-0.39, 0.29) is 55.5 Å². The van der Waals surface area contributed by atoms with E-state index >= 15 is 0 Å². The summed E-state index contributed by atoms with van der Waals surface area (Å²) in [6.45, 7) is 37.2. The van der Waals surface area contributed by atoms with Crippen LogP contribution in [0.5, 0.6) is 0 Å². The van der Waals surface area contributed by atoms with E-state index in [1.165, 1.54) is 0 Å². The van der Waals surface area contributed by atoms with Crippen molar-refractivity contribution in [3.63, 3.8) is 0 Å². The van der Waals surface area contributed by atoms with Gasteiger partial charge in [-0.3, -0.25) is 19.2 Å². The van der Waals surface area contributed by atoms with E-state index < -0.39 is 45.0 Å².